The predicted octanol–water partition coefficient (Wildman–Crippen LogP) is 5.70. The van der Waals surface area contributed by atoms with Crippen molar-refractivity contribution in [2.45, 2.75) is 52.0 Å². The van der Waals surface area contributed by atoms with Gasteiger partial charge in [0.1, 0.15) is 5.75 Å². The van der Waals surface area contributed by atoms with Crippen molar-refractivity contribution in [2.75, 3.05) is 0 Å². The van der Waals surface area contributed by atoms with Gasteiger partial charge in [-0.3, -0.25) is 0 Å². The highest BCUT2D eigenvalue weighted by molar-refractivity contribution is 9.10. The SMILES string of the molecule is Cc1cc(Br)cc(CCl)c1OC1CC(C)CC(C)C1. The molecule has 2 atom stereocenters. The van der Waals surface area contributed by atoms with Crippen molar-refractivity contribution in [1.82, 2.24) is 0 Å². The summed E-state index contributed by atoms with van der Waals surface area (Å²) in [6.45, 7) is 6.73. The van der Waals surface area contributed by atoms with E-state index in [1.54, 1.807) is 0 Å². The molecule has 3 heteroatoms. The second-order valence-corrected chi connectivity index (χ2v) is 7.18. The van der Waals surface area contributed by atoms with Crippen LogP contribution in [0, 0.1) is 18.8 Å². The Bertz CT molecular complexity index is 437. The van der Waals surface area contributed by atoms with Gasteiger partial charge >= 0.3 is 0 Å². The zero-order valence-corrected chi connectivity index (χ0v) is 14.2. The van der Waals surface area contributed by atoms with E-state index in [9.17, 15) is 0 Å². The fraction of sp³-hybridized carbons (Fsp3) is 0.625. The molecule has 1 aromatic carbocycles. The first-order valence-electron chi connectivity index (χ1n) is 7.01. The molecule has 0 heterocycles. The molecule has 0 N–H and O–H groups in total. The molecule has 1 aliphatic carbocycles. The zero-order valence-electron chi connectivity index (χ0n) is 11.9. The molecule has 0 spiro atoms. The van der Waals surface area contributed by atoms with Crippen molar-refractivity contribution in [1.29, 1.82) is 0 Å². The topological polar surface area (TPSA) is 9.23 Å². The lowest BCUT2D eigenvalue weighted by Crippen LogP contribution is -2.29. The standard InChI is InChI=1S/C16H22BrClO/c1-10-4-11(2)6-15(5-10)19-16-12(3)7-14(17)8-13(16)9-18/h7-8,10-11,15H,4-6,9H2,1-3H3. The molecular formula is C16H22BrClO. The lowest BCUT2D eigenvalue weighted by atomic mass is 9.82. The molecule has 0 amide bonds. The molecule has 1 fully saturated rings. The Morgan fingerprint density at radius 1 is 1.21 bits per heavy atom. The maximum Gasteiger partial charge on any atom is 0.127 e. The number of rotatable bonds is 3. The summed E-state index contributed by atoms with van der Waals surface area (Å²) >= 11 is 9.57. The summed E-state index contributed by atoms with van der Waals surface area (Å²) < 4.78 is 7.37. The third kappa shape index (κ3) is 3.88. The van der Waals surface area contributed by atoms with Gasteiger partial charge < -0.3 is 4.74 Å². The van der Waals surface area contributed by atoms with Gasteiger partial charge in [0.15, 0.2) is 0 Å². The van der Waals surface area contributed by atoms with Crippen LogP contribution >= 0.6 is 27.5 Å². The van der Waals surface area contributed by atoms with Gasteiger partial charge in [0.25, 0.3) is 0 Å². The largest absolute Gasteiger partial charge is 0.490 e. The number of hydrogen-bond acceptors (Lipinski definition) is 1. The van der Waals surface area contributed by atoms with Gasteiger partial charge in [0.05, 0.1) is 12.0 Å². The summed E-state index contributed by atoms with van der Waals surface area (Å²) in [5.41, 5.74) is 2.25. The van der Waals surface area contributed by atoms with Crippen LogP contribution in [0.1, 0.15) is 44.2 Å². The number of benzene rings is 1. The van der Waals surface area contributed by atoms with E-state index in [1.807, 2.05) is 0 Å². The third-order valence-corrected chi connectivity index (χ3v) is 4.63. The molecule has 1 aromatic rings. The second-order valence-electron chi connectivity index (χ2n) is 6.00. The summed E-state index contributed by atoms with van der Waals surface area (Å²) in [7, 11) is 0. The van der Waals surface area contributed by atoms with Crippen LogP contribution in [0.3, 0.4) is 0 Å². The number of ether oxygens (including phenoxy) is 1. The molecule has 0 radical (unpaired) electrons. The molecule has 1 nitrogen and oxygen atoms in total. The van der Waals surface area contributed by atoms with Crippen molar-refractivity contribution in [2.24, 2.45) is 11.8 Å². The van der Waals surface area contributed by atoms with Gasteiger partial charge in [-0.25, -0.2) is 0 Å². The fourth-order valence-electron chi connectivity index (χ4n) is 3.20. The molecule has 0 bridgehead atoms. The van der Waals surface area contributed by atoms with Crippen molar-refractivity contribution in [3.8, 4) is 5.75 Å². The van der Waals surface area contributed by atoms with Crippen molar-refractivity contribution in [3.63, 3.8) is 0 Å². The predicted molar refractivity (Wildman–Crippen MR) is 85.0 cm³/mol. The Labute approximate surface area is 129 Å². The Morgan fingerprint density at radius 3 is 2.42 bits per heavy atom. The lowest BCUT2D eigenvalue weighted by molar-refractivity contribution is 0.0996. The molecule has 0 aliphatic heterocycles. The Kier molecular flexibility index (Phi) is 5.19. The molecule has 1 aliphatic rings. The molecular weight excluding hydrogens is 324 g/mol. The molecule has 19 heavy (non-hydrogen) atoms. The lowest BCUT2D eigenvalue weighted by Gasteiger charge is -2.32. The summed E-state index contributed by atoms with van der Waals surface area (Å²) in [5, 5.41) is 0. The minimum absolute atomic E-state index is 0.334. The van der Waals surface area contributed by atoms with Crippen LogP contribution in [0.4, 0.5) is 0 Å². The molecule has 2 unspecified atom stereocenters. The Balaban J connectivity index is 2.18. The normalized spacial score (nSPS) is 27.3. The fourth-order valence-corrected chi connectivity index (χ4v) is 4.02. The first-order chi connectivity index (χ1) is 8.99. The van der Waals surface area contributed by atoms with Crippen LogP contribution in [0.15, 0.2) is 16.6 Å². The first kappa shape index (κ1) is 15.2. The van der Waals surface area contributed by atoms with E-state index < -0.39 is 0 Å². The summed E-state index contributed by atoms with van der Waals surface area (Å²) in [4.78, 5) is 0. The van der Waals surface area contributed by atoms with Gasteiger partial charge in [0.2, 0.25) is 0 Å². The summed E-state index contributed by atoms with van der Waals surface area (Å²) in [6.07, 6.45) is 3.96. The average Bonchev–Trinajstić information content (AvgIpc) is 2.31. The highest BCUT2D eigenvalue weighted by Gasteiger charge is 2.26. The third-order valence-electron chi connectivity index (χ3n) is 3.88. The van der Waals surface area contributed by atoms with Crippen molar-refractivity contribution < 1.29 is 4.74 Å². The maximum absolute atomic E-state index is 6.30. The van der Waals surface area contributed by atoms with Crippen LogP contribution in [0.5, 0.6) is 5.75 Å². The summed E-state index contributed by atoms with van der Waals surface area (Å²) in [6, 6.07) is 4.16. The number of aryl methyl sites for hydroxylation is 1. The monoisotopic (exact) mass is 344 g/mol. The van der Waals surface area contributed by atoms with Crippen LogP contribution < -0.4 is 4.74 Å². The van der Waals surface area contributed by atoms with Crippen LogP contribution in [0.2, 0.25) is 0 Å². The number of alkyl halides is 1. The maximum atomic E-state index is 6.30. The minimum Gasteiger partial charge on any atom is -0.490 e. The number of halogens is 2. The van der Waals surface area contributed by atoms with E-state index in [4.69, 9.17) is 16.3 Å². The van der Waals surface area contributed by atoms with Crippen molar-refractivity contribution >= 4 is 27.5 Å². The highest BCUT2D eigenvalue weighted by atomic mass is 79.9. The van der Waals surface area contributed by atoms with Gasteiger partial charge in [-0.1, -0.05) is 29.8 Å². The molecule has 106 valence electrons. The second kappa shape index (κ2) is 6.49. The van der Waals surface area contributed by atoms with Crippen LogP contribution in [-0.4, -0.2) is 6.10 Å². The molecule has 0 saturated heterocycles. The molecule has 1 saturated carbocycles. The van der Waals surface area contributed by atoms with Crippen LogP contribution in [0.25, 0.3) is 0 Å². The van der Waals surface area contributed by atoms with Gasteiger partial charge in [-0.05, 0) is 55.7 Å². The quantitative estimate of drug-likeness (QED) is 0.638. The van der Waals surface area contributed by atoms with E-state index in [2.05, 4.69) is 48.8 Å². The molecule has 2 rings (SSSR count). The number of hydrogen-bond donors (Lipinski definition) is 0. The minimum atomic E-state index is 0.334. The van der Waals surface area contributed by atoms with E-state index >= 15 is 0 Å². The Hall–Kier alpha value is -0.210. The van der Waals surface area contributed by atoms with Gasteiger partial charge in [-0.2, -0.15) is 0 Å². The van der Waals surface area contributed by atoms with E-state index in [1.165, 1.54) is 6.42 Å². The zero-order chi connectivity index (χ0) is 14.0. The first-order valence-corrected chi connectivity index (χ1v) is 8.34. The average molecular weight is 346 g/mol. The van der Waals surface area contributed by atoms with E-state index in [0.717, 1.165) is 46.0 Å². The van der Waals surface area contributed by atoms with Gasteiger partial charge in [-0.15, -0.1) is 11.6 Å². The Morgan fingerprint density at radius 2 is 1.84 bits per heavy atom. The van der Waals surface area contributed by atoms with E-state index in [0.29, 0.717) is 12.0 Å². The smallest absolute Gasteiger partial charge is 0.127 e. The highest BCUT2D eigenvalue weighted by Crippen LogP contribution is 2.35. The summed E-state index contributed by atoms with van der Waals surface area (Å²) in [5.74, 6) is 2.99. The molecule has 0 aromatic heterocycles. The van der Waals surface area contributed by atoms with E-state index in [-0.39, 0.29) is 0 Å². The van der Waals surface area contributed by atoms with Gasteiger partial charge in [0, 0.05) is 10.0 Å². The van der Waals surface area contributed by atoms with Crippen molar-refractivity contribution in [3.05, 3.63) is 27.7 Å². The van der Waals surface area contributed by atoms with Crippen LogP contribution in [-0.2, 0) is 5.88 Å².